The Bertz CT molecular complexity index is 658. The van der Waals surface area contributed by atoms with E-state index in [0.29, 0.717) is 11.2 Å². The van der Waals surface area contributed by atoms with Crippen LogP contribution in [0.4, 0.5) is 11.4 Å². The number of benzene rings is 1. The summed E-state index contributed by atoms with van der Waals surface area (Å²) in [7, 11) is 0. The minimum Gasteiger partial charge on any atom is -0.396 e. The van der Waals surface area contributed by atoms with E-state index >= 15 is 0 Å². The van der Waals surface area contributed by atoms with E-state index in [4.69, 9.17) is 0 Å². The summed E-state index contributed by atoms with van der Waals surface area (Å²) in [5, 5.41) is 24.2. The highest BCUT2D eigenvalue weighted by molar-refractivity contribution is 7.16. The number of nitrogens with one attached hydrogen (secondary N) is 1. The molecule has 1 saturated carbocycles. The lowest BCUT2D eigenvalue weighted by Crippen LogP contribution is -2.34. The van der Waals surface area contributed by atoms with Crippen molar-refractivity contribution in [1.29, 1.82) is 0 Å². The first kappa shape index (κ1) is 14.2. The van der Waals surface area contributed by atoms with Crippen LogP contribution in [-0.2, 0) is 0 Å². The van der Waals surface area contributed by atoms with Crippen molar-refractivity contribution in [1.82, 2.24) is 4.98 Å². The number of nitro benzene ring substituents is 1. The summed E-state index contributed by atoms with van der Waals surface area (Å²) < 4.78 is 0.814. The van der Waals surface area contributed by atoms with Crippen LogP contribution in [0.5, 0.6) is 0 Å². The van der Waals surface area contributed by atoms with Gasteiger partial charge in [0.2, 0.25) is 0 Å². The fourth-order valence-electron chi connectivity index (χ4n) is 3.03. The number of thiazole rings is 1. The van der Waals surface area contributed by atoms with Gasteiger partial charge in [-0.15, -0.1) is 11.3 Å². The van der Waals surface area contributed by atoms with E-state index in [9.17, 15) is 15.2 Å². The Hall–Kier alpha value is -1.73. The minimum absolute atomic E-state index is 0.0380. The van der Waals surface area contributed by atoms with Gasteiger partial charge >= 0.3 is 5.69 Å². The van der Waals surface area contributed by atoms with Crippen molar-refractivity contribution < 1.29 is 10.0 Å². The predicted octanol–water partition coefficient (Wildman–Crippen LogP) is 3.17. The number of rotatable bonds is 4. The van der Waals surface area contributed by atoms with Crippen LogP contribution in [0.2, 0.25) is 0 Å². The van der Waals surface area contributed by atoms with Crippen LogP contribution >= 0.6 is 11.3 Å². The highest BCUT2D eigenvalue weighted by Crippen LogP contribution is 2.36. The molecule has 0 saturated heterocycles. The van der Waals surface area contributed by atoms with E-state index in [2.05, 4.69) is 10.3 Å². The summed E-state index contributed by atoms with van der Waals surface area (Å²) >= 11 is 1.40. The zero-order valence-corrected chi connectivity index (χ0v) is 12.3. The maximum Gasteiger partial charge on any atom is 0.319 e. The first-order valence-electron chi connectivity index (χ1n) is 7.08. The first-order chi connectivity index (χ1) is 10.2. The maximum atomic E-state index is 11.4. The van der Waals surface area contributed by atoms with Crippen molar-refractivity contribution >= 4 is 32.9 Å². The van der Waals surface area contributed by atoms with Crippen molar-refractivity contribution in [3.8, 4) is 0 Å². The SMILES string of the molecule is O=[N+]([O-])c1c(NC2CCCCC2CO)ccc2scnc12. The average molecular weight is 307 g/mol. The molecule has 6 nitrogen and oxygen atoms in total. The second kappa shape index (κ2) is 5.95. The van der Waals surface area contributed by atoms with Gasteiger partial charge in [-0.05, 0) is 25.0 Å². The molecule has 1 heterocycles. The summed E-state index contributed by atoms with van der Waals surface area (Å²) in [6.45, 7) is 0.115. The quantitative estimate of drug-likeness (QED) is 0.669. The standard InChI is InChI=1S/C14H17N3O3S/c18-7-9-3-1-2-4-10(9)16-11-5-6-12-13(15-8-21-12)14(11)17(19)20/h5-6,8-10,16,18H,1-4,7H2. The molecule has 1 fully saturated rings. The van der Waals surface area contributed by atoms with Gasteiger partial charge < -0.3 is 10.4 Å². The number of aliphatic hydroxyl groups is 1. The second-order valence-corrected chi connectivity index (χ2v) is 6.28. The Labute approximate surface area is 126 Å². The van der Waals surface area contributed by atoms with E-state index in [0.717, 1.165) is 30.4 Å². The molecular weight excluding hydrogens is 290 g/mol. The molecule has 21 heavy (non-hydrogen) atoms. The lowest BCUT2D eigenvalue weighted by atomic mass is 9.85. The van der Waals surface area contributed by atoms with Gasteiger partial charge in [-0.2, -0.15) is 0 Å². The highest BCUT2D eigenvalue weighted by Gasteiger charge is 2.28. The van der Waals surface area contributed by atoms with Gasteiger partial charge in [0, 0.05) is 18.6 Å². The van der Waals surface area contributed by atoms with Crippen LogP contribution in [-0.4, -0.2) is 27.7 Å². The monoisotopic (exact) mass is 307 g/mol. The summed E-state index contributed by atoms with van der Waals surface area (Å²) in [6, 6.07) is 3.69. The van der Waals surface area contributed by atoms with E-state index < -0.39 is 0 Å². The average Bonchev–Trinajstić information content (AvgIpc) is 2.95. The molecule has 0 spiro atoms. The normalized spacial score (nSPS) is 22.3. The minimum atomic E-state index is -0.374. The second-order valence-electron chi connectivity index (χ2n) is 5.40. The lowest BCUT2D eigenvalue weighted by Gasteiger charge is -2.31. The van der Waals surface area contributed by atoms with Gasteiger partial charge in [0.25, 0.3) is 0 Å². The van der Waals surface area contributed by atoms with E-state index in [-0.39, 0.29) is 29.2 Å². The molecule has 1 aromatic heterocycles. The summed E-state index contributed by atoms with van der Waals surface area (Å²) in [5.41, 5.74) is 2.60. The molecule has 1 aromatic carbocycles. The Morgan fingerprint density at radius 2 is 2.24 bits per heavy atom. The zero-order valence-electron chi connectivity index (χ0n) is 11.5. The van der Waals surface area contributed by atoms with Crippen molar-refractivity contribution in [2.45, 2.75) is 31.7 Å². The molecule has 0 aliphatic heterocycles. The number of anilines is 1. The molecule has 0 radical (unpaired) electrons. The van der Waals surface area contributed by atoms with Crippen molar-refractivity contribution in [2.24, 2.45) is 5.92 Å². The van der Waals surface area contributed by atoms with Gasteiger partial charge in [-0.3, -0.25) is 10.1 Å². The van der Waals surface area contributed by atoms with E-state index in [1.165, 1.54) is 11.3 Å². The van der Waals surface area contributed by atoms with Crippen molar-refractivity contribution in [3.63, 3.8) is 0 Å². The molecule has 3 rings (SSSR count). The third-order valence-corrected chi connectivity index (χ3v) is 4.94. The van der Waals surface area contributed by atoms with Crippen LogP contribution in [0, 0.1) is 16.0 Å². The third kappa shape index (κ3) is 2.71. The first-order valence-corrected chi connectivity index (χ1v) is 7.96. The molecule has 2 aromatic rings. The van der Waals surface area contributed by atoms with Gasteiger partial charge in [0.15, 0.2) is 5.52 Å². The largest absolute Gasteiger partial charge is 0.396 e. The molecule has 1 aliphatic carbocycles. The van der Waals surface area contributed by atoms with E-state index in [1.54, 1.807) is 11.6 Å². The predicted molar refractivity (Wildman–Crippen MR) is 82.7 cm³/mol. The molecule has 7 heteroatoms. The van der Waals surface area contributed by atoms with Gasteiger partial charge in [-0.1, -0.05) is 12.8 Å². The number of nitro groups is 1. The zero-order chi connectivity index (χ0) is 14.8. The summed E-state index contributed by atoms with van der Waals surface area (Å²) in [5.74, 6) is 0.157. The Morgan fingerprint density at radius 1 is 1.43 bits per heavy atom. The number of aromatic nitrogens is 1. The number of hydrogen-bond donors (Lipinski definition) is 2. The molecule has 112 valence electrons. The molecule has 2 unspecified atom stereocenters. The summed E-state index contributed by atoms with van der Waals surface area (Å²) in [4.78, 5) is 15.2. The van der Waals surface area contributed by atoms with Crippen LogP contribution in [0.1, 0.15) is 25.7 Å². The van der Waals surface area contributed by atoms with Crippen LogP contribution in [0.25, 0.3) is 10.2 Å². The van der Waals surface area contributed by atoms with Gasteiger partial charge in [-0.25, -0.2) is 4.98 Å². The van der Waals surface area contributed by atoms with Crippen molar-refractivity contribution in [3.05, 3.63) is 27.8 Å². The molecule has 2 atom stereocenters. The number of hydrogen-bond acceptors (Lipinski definition) is 6. The Balaban J connectivity index is 1.95. The van der Waals surface area contributed by atoms with Crippen LogP contribution in [0.3, 0.4) is 0 Å². The smallest absolute Gasteiger partial charge is 0.319 e. The molecule has 2 N–H and O–H groups in total. The molecule has 0 bridgehead atoms. The number of fused-ring (bicyclic) bond motifs is 1. The molecular formula is C14H17N3O3S. The lowest BCUT2D eigenvalue weighted by molar-refractivity contribution is -0.382. The Kier molecular flexibility index (Phi) is 4.03. The molecule has 0 amide bonds. The number of aliphatic hydroxyl groups excluding tert-OH is 1. The van der Waals surface area contributed by atoms with Crippen LogP contribution < -0.4 is 5.32 Å². The van der Waals surface area contributed by atoms with Gasteiger partial charge in [0.1, 0.15) is 5.69 Å². The maximum absolute atomic E-state index is 11.4. The molecule has 1 aliphatic rings. The van der Waals surface area contributed by atoms with Crippen molar-refractivity contribution in [2.75, 3.05) is 11.9 Å². The van der Waals surface area contributed by atoms with Crippen LogP contribution in [0.15, 0.2) is 17.6 Å². The fraction of sp³-hybridized carbons (Fsp3) is 0.500. The topological polar surface area (TPSA) is 88.3 Å². The van der Waals surface area contributed by atoms with E-state index in [1.807, 2.05) is 6.07 Å². The Morgan fingerprint density at radius 3 is 3.00 bits per heavy atom. The van der Waals surface area contributed by atoms with Gasteiger partial charge in [0.05, 0.1) is 15.1 Å². The number of nitrogens with zero attached hydrogens (tertiary/aromatic N) is 2. The highest BCUT2D eigenvalue weighted by atomic mass is 32.1. The third-order valence-electron chi connectivity index (χ3n) is 4.14. The fourth-order valence-corrected chi connectivity index (χ4v) is 3.71. The summed E-state index contributed by atoms with van der Waals surface area (Å²) in [6.07, 6.45) is 4.08.